The molecule has 0 bridgehead atoms. The largest absolute Gasteiger partial charge is 0.487 e. The first kappa shape index (κ1) is 17.3. The molecule has 1 N–H and O–H groups in total. The molecule has 0 aromatic heterocycles. The summed E-state index contributed by atoms with van der Waals surface area (Å²) in [7, 11) is 0. The lowest BCUT2D eigenvalue weighted by atomic mass is 10.0. The number of amides is 3. The summed E-state index contributed by atoms with van der Waals surface area (Å²) >= 11 is 5.74. The van der Waals surface area contributed by atoms with Crippen molar-refractivity contribution in [1.29, 1.82) is 0 Å². The zero-order valence-corrected chi connectivity index (χ0v) is 15.0. The lowest BCUT2D eigenvalue weighted by Crippen LogP contribution is -2.54. The normalized spacial score (nSPS) is 23.7. The Kier molecular flexibility index (Phi) is 4.58. The van der Waals surface area contributed by atoms with Crippen LogP contribution in [-0.2, 0) is 16.1 Å². The number of rotatable bonds is 5. The summed E-state index contributed by atoms with van der Waals surface area (Å²) in [5.74, 6) is 0.424. The molecule has 3 amide bonds. The number of ether oxygens (including phenoxy) is 1. The van der Waals surface area contributed by atoms with Crippen molar-refractivity contribution in [1.82, 2.24) is 15.1 Å². The van der Waals surface area contributed by atoms with Gasteiger partial charge < -0.3 is 9.64 Å². The van der Waals surface area contributed by atoms with Crippen LogP contribution in [0.15, 0.2) is 18.2 Å². The Morgan fingerprint density at radius 2 is 2.04 bits per heavy atom. The molecule has 1 aromatic carbocycles. The molecule has 138 valence electrons. The van der Waals surface area contributed by atoms with Crippen LogP contribution in [0.1, 0.15) is 28.8 Å². The molecule has 0 spiro atoms. The van der Waals surface area contributed by atoms with Crippen LogP contribution in [0.2, 0.25) is 0 Å². The number of hydrogen-bond donors (Lipinski definition) is 1. The fraction of sp³-hybridized carbons (Fsp3) is 0.500. The van der Waals surface area contributed by atoms with Crippen LogP contribution in [0.3, 0.4) is 0 Å². The van der Waals surface area contributed by atoms with Crippen molar-refractivity contribution < 1.29 is 19.1 Å². The van der Waals surface area contributed by atoms with Gasteiger partial charge in [-0.1, -0.05) is 6.07 Å². The summed E-state index contributed by atoms with van der Waals surface area (Å²) in [6, 6.07) is 4.82. The average Bonchev–Trinajstić information content (AvgIpc) is 2.91. The minimum atomic E-state index is -0.608. The third-order valence-electron chi connectivity index (χ3n) is 5.16. The maximum Gasteiger partial charge on any atom is 0.255 e. The highest BCUT2D eigenvalue weighted by Gasteiger charge is 2.40. The molecule has 1 unspecified atom stereocenters. The standard InChI is InChI=1S/C18H20ClN3O4/c19-6-7-21-8-11(9-21)26-15-3-1-2-12-13(15)10-22(18(12)25)14-4-5-16(23)20-17(14)24/h1-3,11,14H,4-10H2,(H,20,23,24). The van der Waals surface area contributed by atoms with Gasteiger partial charge in [0.25, 0.3) is 5.91 Å². The molecule has 2 fully saturated rings. The summed E-state index contributed by atoms with van der Waals surface area (Å²) in [5.41, 5.74) is 1.39. The Hall–Kier alpha value is -2.12. The number of alkyl halides is 1. The SMILES string of the molecule is O=C1CCC(N2Cc3c(OC4CN(CCCl)C4)cccc3C2=O)C(=O)N1. The van der Waals surface area contributed by atoms with E-state index in [1.807, 2.05) is 6.07 Å². The van der Waals surface area contributed by atoms with Crippen LogP contribution < -0.4 is 10.1 Å². The van der Waals surface area contributed by atoms with Gasteiger partial charge in [-0.25, -0.2) is 0 Å². The van der Waals surface area contributed by atoms with E-state index in [-0.39, 0.29) is 24.3 Å². The predicted octanol–water partition coefficient (Wildman–Crippen LogP) is 0.749. The van der Waals surface area contributed by atoms with Crippen molar-refractivity contribution in [2.24, 2.45) is 0 Å². The highest BCUT2D eigenvalue weighted by molar-refractivity contribution is 6.18. The topological polar surface area (TPSA) is 79.0 Å². The molecule has 3 aliphatic heterocycles. The van der Waals surface area contributed by atoms with Gasteiger partial charge in [0.1, 0.15) is 17.9 Å². The second kappa shape index (κ2) is 6.89. The number of fused-ring (bicyclic) bond motifs is 1. The number of hydrogen-bond acceptors (Lipinski definition) is 5. The summed E-state index contributed by atoms with van der Waals surface area (Å²) in [4.78, 5) is 40.0. The van der Waals surface area contributed by atoms with Crippen LogP contribution in [0.25, 0.3) is 0 Å². The number of imide groups is 1. The predicted molar refractivity (Wildman–Crippen MR) is 94.1 cm³/mol. The van der Waals surface area contributed by atoms with Gasteiger partial charge in [0.05, 0.1) is 6.54 Å². The quantitative estimate of drug-likeness (QED) is 0.605. The number of carbonyl (C=O) groups is 3. The van der Waals surface area contributed by atoms with E-state index in [9.17, 15) is 14.4 Å². The van der Waals surface area contributed by atoms with Crippen LogP contribution in [0.5, 0.6) is 5.75 Å². The number of carbonyl (C=O) groups excluding carboxylic acids is 3. The lowest BCUT2D eigenvalue weighted by molar-refractivity contribution is -0.136. The van der Waals surface area contributed by atoms with E-state index in [1.54, 1.807) is 17.0 Å². The van der Waals surface area contributed by atoms with Gasteiger partial charge in [-0.3, -0.25) is 24.6 Å². The fourth-order valence-electron chi connectivity index (χ4n) is 3.75. The molecule has 0 aliphatic carbocycles. The summed E-state index contributed by atoms with van der Waals surface area (Å²) < 4.78 is 6.08. The smallest absolute Gasteiger partial charge is 0.255 e. The van der Waals surface area contributed by atoms with Gasteiger partial charge in [0.2, 0.25) is 11.8 Å². The Labute approximate surface area is 156 Å². The van der Waals surface area contributed by atoms with Gasteiger partial charge in [-0.15, -0.1) is 11.6 Å². The first-order chi connectivity index (χ1) is 12.6. The van der Waals surface area contributed by atoms with Crippen molar-refractivity contribution in [2.75, 3.05) is 25.5 Å². The van der Waals surface area contributed by atoms with Gasteiger partial charge in [0, 0.05) is 43.1 Å². The molecule has 0 radical (unpaired) electrons. The zero-order valence-electron chi connectivity index (χ0n) is 14.2. The first-order valence-electron chi connectivity index (χ1n) is 8.78. The van der Waals surface area contributed by atoms with Gasteiger partial charge >= 0.3 is 0 Å². The molecule has 2 saturated heterocycles. The monoisotopic (exact) mass is 377 g/mol. The van der Waals surface area contributed by atoms with Crippen molar-refractivity contribution in [3.05, 3.63) is 29.3 Å². The van der Waals surface area contributed by atoms with Gasteiger partial charge in [-0.2, -0.15) is 0 Å². The second-order valence-corrected chi connectivity index (χ2v) is 7.25. The molecular weight excluding hydrogens is 358 g/mol. The Balaban J connectivity index is 1.48. The third kappa shape index (κ3) is 3.05. The highest BCUT2D eigenvalue weighted by Crippen LogP contribution is 2.34. The summed E-state index contributed by atoms with van der Waals surface area (Å²) in [6.07, 6.45) is 0.694. The third-order valence-corrected chi connectivity index (χ3v) is 5.33. The van der Waals surface area contributed by atoms with Crippen LogP contribution in [-0.4, -0.2) is 65.2 Å². The minimum Gasteiger partial charge on any atom is -0.487 e. The van der Waals surface area contributed by atoms with E-state index in [0.717, 1.165) is 25.2 Å². The van der Waals surface area contributed by atoms with Crippen molar-refractivity contribution in [3.8, 4) is 5.75 Å². The Morgan fingerprint density at radius 3 is 2.77 bits per heavy atom. The minimum absolute atomic E-state index is 0.0875. The van der Waals surface area contributed by atoms with Crippen molar-refractivity contribution >= 4 is 29.3 Å². The number of nitrogens with one attached hydrogen (secondary N) is 1. The number of halogens is 1. The number of likely N-dealkylation sites (tertiary alicyclic amines) is 1. The Morgan fingerprint density at radius 1 is 1.23 bits per heavy atom. The maximum absolute atomic E-state index is 12.8. The van der Waals surface area contributed by atoms with E-state index in [4.69, 9.17) is 16.3 Å². The van der Waals surface area contributed by atoms with E-state index in [1.165, 1.54) is 0 Å². The molecule has 1 atom stereocenters. The van der Waals surface area contributed by atoms with Crippen LogP contribution in [0, 0.1) is 0 Å². The molecular formula is C18H20ClN3O4. The number of benzene rings is 1. The molecule has 3 aliphatic rings. The molecule has 4 rings (SSSR count). The molecule has 7 nitrogen and oxygen atoms in total. The fourth-order valence-corrected chi connectivity index (χ4v) is 3.99. The van der Waals surface area contributed by atoms with E-state index < -0.39 is 11.9 Å². The van der Waals surface area contributed by atoms with E-state index >= 15 is 0 Å². The molecule has 1 aromatic rings. The first-order valence-corrected chi connectivity index (χ1v) is 9.32. The molecule has 26 heavy (non-hydrogen) atoms. The average molecular weight is 378 g/mol. The summed E-state index contributed by atoms with van der Waals surface area (Å²) in [6.45, 7) is 2.81. The van der Waals surface area contributed by atoms with Crippen molar-refractivity contribution in [2.45, 2.75) is 31.5 Å². The molecule has 0 saturated carbocycles. The van der Waals surface area contributed by atoms with E-state index in [2.05, 4.69) is 10.2 Å². The van der Waals surface area contributed by atoms with Crippen molar-refractivity contribution in [3.63, 3.8) is 0 Å². The van der Waals surface area contributed by atoms with E-state index in [0.29, 0.717) is 30.2 Å². The second-order valence-electron chi connectivity index (χ2n) is 6.87. The molecule has 8 heteroatoms. The molecule has 3 heterocycles. The number of piperidine rings is 1. The van der Waals surface area contributed by atoms with Gasteiger partial charge in [0.15, 0.2) is 0 Å². The van der Waals surface area contributed by atoms with Crippen LogP contribution >= 0.6 is 11.6 Å². The Bertz CT molecular complexity index is 763. The van der Waals surface area contributed by atoms with Gasteiger partial charge in [-0.05, 0) is 18.6 Å². The number of nitrogens with zero attached hydrogens (tertiary/aromatic N) is 2. The summed E-state index contributed by atoms with van der Waals surface area (Å²) in [5, 5.41) is 2.32. The lowest BCUT2D eigenvalue weighted by Gasteiger charge is -2.38. The maximum atomic E-state index is 12.8. The highest BCUT2D eigenvalue weighted by atomic mass is 35.5. The van der Waals surface area contributed by atoms with Crippen LogP contribution in [0.4, 0.5) is 0 Å². The zero-order chi connectivity index (χ0) is 18.3.